The van der Waals surface area contributed by atoms with Crippen molar-refractivity contribution in [3.8, 4) is 22.8 Å². The van der Waals surface area contributed by atoms with E-state index in [1.165, 1.54) is 0 Å². The smallest absolute Gasteiger partial charge is 0.145 e. The molecule has 1 atom stereocenters. The molecule has 0 aromatic carbocycles. The van der Waals surface area contributed by atoms with Gasteiger partial charge in [-0.15, -0.1) is 0 Å². The minimum atomic E-state index is -0.297. The van der Waals surface area contributed by atoms with E-state index in [9.17, 15) is 0 Å². The summed E-state index contributed by atoms with van der Waals surface area (Å²) < 4.78 is 2.01. The van der Waals surface area contributed by atoms with Crippen molar-refractivity contribution < 1.29 is 0 Å². The fourth-order valence-electron chi connectivity index (χ4n) is 3.09. The molecular weight excluding hydrogens is 338 g/mol. The Bertz CT molecular complexity index is 1090. The van der Waals surface area contributed by atoms with Crippen LogP contribution in [-0.2, 0) is 0 Å². The maximum atomic E-state index is 6.17. The van der Waals surface area contributed by atoms with E-state index >= 15 is 0 Å². The van der Waals surface area contributed by atoms with E-state index in [0.29, 0.717) is 18.8 Å². The van der Waals surface area contributed by atoms with E-state index in [2.05, 4.69) is 9.97 Å². The fraction of sp³-hybridized carbons (Fsp3) is 0.200. The number of hydrogen-bond acceptors (Lipinski definition) is 6. The third-order valence-electron chi connectivity index (χ3n) is 4.39. The van der Waals surface area contributed by atoms with Gasteiger partial charge in [-0.1, -0.05) is 12.1 Å². The maximum Gasteiger partial charge on any atom is 0.145 e. The SMILES string of the molecule is Cc1cccc(-c2nc3ccccn3c2-c2ccnc(C(N)CCN)n2)n1. The first-order chi connectivity index (χ1) is 13.2. The van der Waals surface area contributed by atoms with Crippen molar-refractivity contribution in [1.29, 1.82) is 0 Å². The van der Waals surface area contributed by atoms with Gasteiger partial charge in [0.05, 0.1) is 17.4 Å². The van der Waals surface area contributed by atoms with E-state index in [1.54, 1.807) is 6.20 Å². The summed E-state index contributed by atoms with van der Waals surface area (Å²) >= 11 is 0. The Balaban J connectivity index is 1.93. The molecule has 0 fully saturated rings. The lowest BCUT2D eigenvalue weighted by Gasteiger charge is -2.11. The molecule has 4 N–H and O–H groups in total. The monoisotopic (exact) mass is 359 g/mol. The highest BCUT2D eigenvalue weighted by Gasteiger charge is 2.19. The first kappa shape index (κ1) is 17.3. The van der Waals surface area contributed by atoms with Crippen LogP contribution in [0.2, 0.25) is 0 Å². The predicted octanol–water partition coefficient (Wildman–Crippen LogP) is 2.51. The molecule has 0 aliphatic heterocycles. The minimum absolute atomic E-state index is 0.297. The van der Waals surface area contributed by atoms with Crippen LogP contribution in [-0.4, -0.2) is 30.9 Å². The fourth-order valence-corrected chi connectivity index (χ4v) is 3.09. The van der Waals surface area contributed by atoms with Gasteiger partial charge < -0.3 is 11.5 Å². The molecule has 0 amide bonds. The molecule has 4 heterocycles. The molecule has 0 radical (unpaired) electrons. The number of aryl methyl sites for hydroxylation is 1. The van der Waals surface area contributed by atoms with Gasteiger partial charge in [-0.3, -0.25) is 9.38 Å². The summed E-state index contributed by atoms with van der Waals surface area (Å²) in [7, 11) is 0. The summed E-state index contributed by atoms with van der Waals surface area (Å²) in [4.78, 5) is 18.5. The normalized spacial score (nSPS) is 12.4. The molecule has 0 saturated carbocycles. The van der Waals surface area contributed by atoms with Crippen molar-refractivity contribution in [2.45, 2.75) is 19.4 Å². The summed E-state index contributed by atoms with van der Waals surface area (Å²) in [6.45, 7) is 2.45. The van der Waals surface area contributed by atoms with Gasteiger partial charge in [0.2, 0.25) is 0 Å². The minimum Gasteiger partial charge on any atom is -0.330 e. The Morgan fingerprint density at radius 3 is 2.70 bits per heavy atom. The molecule has 4 rings (SSSR count). The zero-order chi connectivity index (χ0) is 18.8. The molecule has 0 spiro atoms. The Hall–Kier alpha value is -3.16. The van der Waals surface area contributed by atoms with Crippen molar-refractivity contribution in [3.63, 3.8) is 0 Å². The van der Waals surface area contributed by atoms with Crippen LogP contribution in [0.15, 0.2) is 54.9 Å². The highest BCUT2D eigenvalue weighted by atomic mass is 15.0. The van der Waals surface area contributed by atoms with Crippen molar-refractivity contribution in [2.24, 2.45) is 11.5 Å². The number of nitrogens with two attached hydrogens (primary N) is 2. The Kier molecular flexibility index (Phi) is 4.62. The molecule has 7 heteroatoms. The van der Waals surface area contributed by atoms with Gasteiger partial charge in [-0.05, 0) is 50.2 Å². The van der Waals surface area contributed by atoms with Crippen molar-refractivity contribution in [2.75, 3.05) is 6.54 Å². The van der Waals surface area contributed by atoms with Crippen LogP contribution in [0.1, 0.15) is 24.0 Å². The second-order valence-corrected chi connectivity index (χ2v) is 6.39. The van der Waals surface area contributed by atoms with Crippen LogP contribution in [0.4, 0.5) is 0 Å². The first-order valence-corrected chi connectivity index (χ1v) is 8.87. The lowest BCUT2D eigenvalue weighted by molar-refractivity contribution is 0.621. The van der Waals surface area contributed by atoms with Crippen LogP contribution < -0.4 is 11.5 Å². The largest absolute Gasteiger partial charge is 0.330 e. The third-order valence-corrected chi connectivity index (χ3v) is 4.39. The van der Waals surface area contributed by atoms with Crippen LogP contribution in [0, 0.1) is 6.92 Å². The van der Waals surface area contributed by atoms with Gasteiger partial charge in [-0.25, -0.2) is 15.0 Å². The second-order valence-electron chi connectivity index (χ2n) is 6.39. The summed E-state index contributed by atoms with van der Waals surface area (Å²) in [5.74, 6) is 0.576. The average Bonchev–Trinajstić information content (AvgIpc) is 3.08. The highest BCUT2D eigenvalue weighted by molar-refractivity contribution is 5.78. The van der Waals surface area contributed by atoms with Gasteiger partial charge in [0.1, 0.15) is 22.9 Å². The predicted molar refractivity (Wildman–Crippen MR) is 105 cm³/mol. The van der Waals surface area contributed by atoms with Crippen LogP contribution >= 0.6 is 0 Å². The van der Waals surface area contributed by atoms with E-state index in [1.807, 2.05) is 60.0 Å². The molecule has 0 saturated heterocycles. The molecule has 4 aromatic rings. The summed E-state index contributed by atoms with van der Waals surface area (Å²) in [6.07, 6.45) is 4.32. The molecule has 1 unspecified atom stereocenters. The highest BCUT2D eigenvalue weighted by Crippen LogP contribution is 2.31. The van der Waals surface area contributed by atoms with Crippen molar-refractivity contribution in [1.82, 2.24) is 24.3 Å². The lowest BCUT2D eigenvalue weighted by atomic mass is 10.1. The zero-order valence-corrected chi connectivity index (χ0v) is 15.1. The molecular formula is C20H21N7. The molecule has 0 aliphatic carbocycles. The van der Waals surface area contributed by atoms with Crippen LogP contribution in [0.3, 0.4) is 0 Å². The third kappa shape index (κ3) is 3.30. The van der Waals surface area contributed by atoms with E-state index < -0.39 is 0 Å². The van der Waals surface area contributed by atoms with Crippen LogP contribution in [0.5, 0.6) is 0 Å². The topological polar surface area (TPSA) is 108 Å². The standard InChI is InChI=1S/C20H21N7/c1-13-5-4-6-15(24-13)18-19(27-12-3-2-7-17(27)26-18)16-9-11-23-20(25-16)14(22)8-10-21/h2-7,9,11-12,14H,8,10,21-22H2,1H3. The molecule has 27 heavy (non-hydrogen) atoms. The Labute approximate surface area is 157 Å². The number of rotatable bonds is 5. The zero-order valence-electron chi connectivity index (χ0n) is 15.1. The van der Waals surface area contributed by atoms with E-state index in [4.69, 9.17) is 21.4 Å². The molecule has 0 bridgehead atoms. The van der Waals surface area contributed by atoms with Crippen molar-refractivity contribution >= 4 is 5.65 Å². The average molecular weight is 359 g/mol. The number of fused-ring (bicyclic) bond motifs is 1. The Morgan fingerprint density at radius 2 is 1.89 bits per heavy atom. The van der Waals surface area contributed by atoms with Gasteiger partial charge in [0.15, 0.2) is 0 Å². The number of nitrogens with zero attached hydrogens (tertiary/aromatic N) is 5. The maximum absolute atomic E-state index is 6.17. The second kappa shape index (κ2) is 7.22. The van der Waals surface area contributed by atoms with Gasteiger partial charge >= 0.3 is 0 Å². The number of hydrogen-bond donors (Lipinski definition) is 2. The van der Waals surface area contributed by atoms with Crippen molar-refractivity contribution in [3.05, 3.63) is 66.4 Å². The van der Waals surface area contributed by atoms with Gasteiger partial charge in [0.25, 0.3) is 0 Å². The molecule has 136 valence electrons. The van der Waals surface area contributed by atoms with Gasteiger partial charge in [0, 0.05) is 18.1 Å². The van der Waals surface area contributed by atoms with Gasteiger partial charge in [-0.2, -0.15) is 0 Å². The lowest BCUT2D eigenvalue weighted by Crippen LogP contribution is -2.18. The summed E-state index contributed by atoms with van der Waals surface area (Å²) in [5.41, 5.74) is 16.8. The first-order valence-electron chi connectivity index (χ1n) is 8.87. The van der Waals surface area contributed by atoms with Crippen LogP contribution in [0.25, 0.3) is 28.4 Å². The number of aromatic nitrogens is 5. The van der Waals surface area contributed by atoms with E-state index in [-0.39, 0.29) is 6.04 Å². The summed E-state index contributed by atoms with van der Waals surface area (Å²) in [5, 5.41) is 0. The number of pyridine rings is 2. The molecule has 0 aliphatic rings. The van der Waals surface area contributed by atoms with E-state index in [0.717, 1.165) is 34.1 Å². The molecule has 7 nitrogen and oxygen atoms in total. The summed E-state index contributed by atoms with van der Waals surface area (Å²) in [6, 6.07) is 13.4. The number of imidazole rings is 1. The quantitative estimate of drug-likeness (QED) is 0.567. The molecule has 4 aromatic heterocycles. The Morgan fingerprint density at radius 1 is 1.00 bits per heavy atom.